The molecular weight excluding hydrogens is 602 g/mol. The number of pyridine rings is 1. The molecule has 2 heterocycles. The second kappa shape index (κ2) is 14.2. The van der Waals surface area contributed by atoms with Crippen molar-refractivity contribution in [2.75, 3.05) is 31.8 Å². The number of aryl methyl sites for hydroxylation is 1. The number of aromatic nitrogens is 1. The van der Waals surface area contributed by atoms with Crippen LogP contribution in [0.4, 0.5) is 10.5 Å². The van der Waals surface area contributed by atoms with Crippen LogP contribution in [0.1, 0.15) is 81.6 Å². The van der Waals surface area contributed by atoms with Gasteiger partial charge in [0.25, 0.3) is 5.91 Å². The zero-order chi connectivity index (χ0) is 33.8. The summed E-state index contributed by atoms with van der Waals surface area (Å²) in [6.07, 6.45) is 5.60. The van der Waals surface area contributed by atoms with Gasteiger partial charge in [0.2, 0.25) is 0 Å². The zero-order valence-electron chi connectivity index (χ0n) is 28.5. The average Bonchev–Trinajstić information content (AvgIpc) is 2.97. The third-order valence-electron chi connectivity index (χ3n) is 7.91. The van der Waals surface area contributed by atoms with Crippen LogP contribution >= 0.6 is 0 Å². The van der Waals surface area contributed by atoms with Gasteiger partial charge in [-0.2, -0.15) is 0 Å². The first-order valence-corrected chi connectivity index (χ1v) is 17.2. The lowest BCUT2D eigenvalue weighted by atomic mass is 9.86. The van der Waals surface area contributed by atoms with Crippen LogP contribution in [0, 0.1) is 12.8 Å². The summed E-state index contributed by atoms with van der Waals surface area (Å²) in [5.74, 6) is 1.63. The molecule has 1 N–H and O–H groups in total. The highest BCUT2D eigenvalue weighted by atomic mass is 32.2. The van der Waals surface area contributed by atoms with Gasteiger partial charge in [-0.1, -0.05) is 26.8 Å². The first-order valence-electron chi connectivity index (χ1n) is 15.6. The van der Waals surface area contributed by atoms with Crippen LogP contribution in [0.3, 0.4) is 0 Å². The van der Waals surface area contributed by atoms with E-state index >= 15 is 0 Å². The van der Waals surface area contributed by atoms with Gasteiger partial charge in [0.05, 0.1) is 28.5 Å². The molecule has 2 amide bonds. The van der Waals surface area contributed by atoms with Crippen LogP contribution in [0.25, 0.3) is 0 Å². The summed E-state index contributed by atoms with van der Waals surface area (Å²) < 4.78 is 30.0. The average molecular weight is 650 g/mol. The number of rotatable bonds is 8. The van der Waals surface area contributed by atoms with Gasteiger partial charge in [-0.25, -0.2) is 4.79 Å². The minimum absolute atomic E-state index is 0.231. The van der Waals surface area contributed by atoms with E-state index in [2.05, 4.69) is 31.1 Å². The Balaban J connectivity index is 1.46. The van der Waals surface area contributed by atoms with Crippen LogP contribution in [0.2, 0.25) is 0 Å². The van der Waals surface area contributed by atoms with Crippen molar-refractivity contribution in [3.8, 4) is 17.2 Å². The molecule has 1 aliphatic rings. The first-order chi connectivity index (χ1) is 21.5. The molecule has 0 radical (unpaired) electrons. The topological polar surface area (TPSA) is 107 Å². The number of likely N-dealkylation sites (tertiary alicyclic amines) is 1. The molecule has 4 rings (SSSR count). The second-order valence-corrected chi connectivity index (χ2v) is 15.2. The largest absolute Gasteiger partial charge is 0.493 e. The molecular formula is C36H47N3O6S. The van der Waals surface area contributed by atoms with Crippen LogP contribution in [-0.2, 0) is 27.4 Å². The van der Waals surface area contributed by atoms with Crippen molar-refractivity contribution in [3.05, 3.63) is 71.0 Å². The van der Waals surface area contributed by atoms with E-state index in [1.54, 1.807) is 35.6 Å². The van der Waals surface area contributed by atoms with Crippen molar-refractivity contribution >= 4 is 28.5 Å². The first kappa shape index (κ1) is 34.9. The Morgan fingerprint density at radius 3 is 2.33 bits per heavy atom. The highest BCUT2D eigenvalue weighted by Crippen LogP contribution is 2.37. The molecule has 46 heavy (non-hydrogen) atoms. The normalized spacial score (nSPS) is 14.8. The molecule has 1 atom stereocenters. The van der Waals surface area contributed by atoms with Gasteiger partial charge in [0.15, 0.2) is 5.75 Å². The van der Waals surface area contributed by atoms with E-state index in [4.69, 9.17) is 14.2 Å². The number of methoxy groups -OCH3 is 1. The van der Waals surface area contributed by atoms with Crippen molar-refractivity contribution in [1.82, 2.24) is 9.88 Å². The van der Waals surface area contributed by atoms with Gasteiger partial charge in [-0.3, -0.25) is 14.0 Å². The Morgan fingerprint density at radius 2 is 1.72 bits per heavy atom. The predicted molar refractivity (Wildman–Crippen MR) is 182 cm³/mol. The number of anilines is 1. The molecule has 0 saturated carbocycles. The molecule has 0 aliphatic carbocycles. The molecule has 1 aromatic heterocycles. The van der Waals surface area contributed by atoms with Gasteiger partial charge in [-0.05, 0) is 99.7 Å². The monoisotopic (exact) mass is 649 g/mol. The standard InChI is InChI=1S/C36H47N3O6S/c1-23-10-11-25(33(40)38-29-20-26(35(2,3)4)21-31(46(9)42)32(29)43-8)19-30(23)44-28-12-15-37-27(22-28)18-24-13-16-39(17-14-24)34(41)45-36(5,6)7/h10-12,15,19-22,24H,13-14,16-18H2,1-9H3,(H,38,40). The number of piperidine rings is 1. The summed E-state index contributed by atoms with van der Waals surface area (Å²) in [7, 11) is 0.187. The number of ether oxygens (including phenoxy) is 3. The van der Waals surface area contributed by atoms with E-state index in [-0.39, 0.29) is 17.4 Å². The molecule has 2 aromatic carbocycles. The quantitative estimate of drug-likeness (QED) is 0.267. The number of nitrogens with zero attached hydrogens (tertiary/aromatic N) is 2. The van der Waals surface area contributed by atoms with Crippen molar-refractivity contribution in [3.63, 3.8) is 0 Å². The number of benzene rings is 2. The smallest absolute Gasteiger partial charge is 0.410 e. The third kappa shape index (κ3) is 9.09. The lowest BCUT2D eigenvalue weighted by Gasteiger charge is -2.33. The summed E-state index contributed by atoms with van der Waals surface area (Å²) >= 11 is 0. The van der Waals surface area contributed by atoms with E-state index < -0.39 is 16.4 Å². The maximum Gasteiger partial charge on any atom is 0.410 e. The number of carbonyl (C=O) groups excluding carboxylic acids is 2. The number of amides is 2. The Bertz CT molecular complexity index is 1600. The van der Waals surface area contributed by atoms with Gasteiger partial charge in [0, 0.05) is 42.9 Å². The van der Waals surface area contributed by atoms with Crippen LogP contribution in [0.5, 0.6) is 17.2 Å². The molecule has 1 saturated heterocycles. The summed E-state index contributed by atoms with van der Waals surface area (Å²) in [6, 6.07) is 12.8. The van der Waals surface area contributed by atoms with Crippen LogP contribution in [0.15, 0.2) is 53.6 Å². The fourth-order valence-electron chi connectivity index (χ4n) is 5.30. The van der Waals surface area contributed by atoms with E-state index in [1.807, 2.05) is 52.0 Å². The third-order valence-corrected chi connectivity index (χ3v) is 8.84. The molecule has 1 fully saturated rings. The Morgan fingerprint density at radius 1 is 1.02 bits per heavy atom. The molecule has 10 heteroatoms. The number of nitrogens with one attached hydrogen (secondary N) is 1. The van der Waals surface area contributed by atoms with Gasteiger partial charge in [0.1, 0.15) is 17.1 Å². The highest BCUT2D eigenvalue weighted by Gasteiger charge is 2.27. The lowest BCUT2D eigenvalue weighted by Crippen LogP contribution is -2.42. The van der Waals surface area contributed by atoms with Crippen LogP contribution in [-0.4, -0.2) is 58.1 Å². The van der Waals surface area contributed by atoms with E-state index in [9.17, 15) is 13.8 Å². The van der Waals surface area contributed by atoms with Gasteiger partial charge in [-0.15, -0.1) is 0 Å². The van der Waals surface area contributed by atoms with Gasteiger partial charge >= 0.3 is 6.09 Å². The van der Waals surface area contributed by atoms with Crippen molar-refractivity contribution in [2.24, 2.45) is 5.92 Å². The minimum atomic E-state index is -1.32. The molecule has 0 bridgehead atoms. The molecule has 1 aliphatic heterocycles. The highest BCUT2D eigenvalue weighted by molar-refractivity contribution is 7.84. The van der Waals surface area contributed by atoms with Crippen molar-refractivity contribution in [1.29, 1.82) is 0 Å². The summed E-state index contributed by atoms with van der Waals surface area (Å²) in [5.41, 5.74) is 2.86. The molecule has 1 unspecified atom stereocenters. The fourth-order valence-corrected chi connectivity index (χ4v) is 6.05. The predicted octanol–water partition coefficient (Wildman–Crippen LogP) is 7.67. The van der Waals surface area contributed by atoms with Gasteiger partial charge < -0.3 is 24.4 Å². The number of carbonyl (C=O) groups is 2. The summed E-state index contributed by atoms with van der Waals surface area (Å²) in [6.45, 7) is 15.1. The van der Waals surface area contributed by atoms with Crippen molar-refractivity contribution in [2.45, 2.75) is 83.6 Å². The maximum atomic E-state index is 13.5. The molecule has 248 valence electrons. The molecule has 9 nitrogen and oxygen atoms in total. The summed E-state index contributed by atoms with van der Waals surface area (Å²) in [4.78, 5) is 32.8. The Hall–Kier alpha value is -3.92. The Labute approximate surface area is 275 Å². The number of hydrogen-bond donors (Lipinski definition) is 1. The van der Waals surface area contributed by atoms with E-state index in [0.717, 1.165) is 36.1 Å². The van der Waals surface area contributed by atoms with E-state index in [0.29, 0.717) is 52.4 Å². The maximum absolute atomic E-state index is 13.5. The molecule has 0 spiro atoms. The minimum Gasteiger partial charge on any atom is -0.493 e. The second-order valence-electron chi connectivity index (χ2n) is 13.9. The Kier molecular flexibility index (Phi) is 10.8. The SMILES string of the molecule is COc1c(NC(=O)c2ccc(C)c(Oc3ccnc(CC4CCN(C(=O)OC(C)(C)C)CC4)c3)c2)cc(C(C)(C)C)cc1S(C)=O. The fraction of sp³-hybridized carbons (Fsp3) is 0.472. The van der Waals surface area contributed by atoms with Crippen molar-refractivity contribution < 1.29 is 28.0 Å². The van der Waals surface area contributed by atoms with Crippen LogP contribution < -0.4 is 14.8 Å². The molecule has 3 aromatic rings. The zero-order valence-corrected chi connectivity index (χ0v) is 29.3. The van der Waals surface area contributed by atoms with E-state index in [1.165, 1.54) is 7.11 Å². The summed E-state index contributed by atoms with van der Waals surface area (Å²) in [5, 5.41) is 2.98. The number of hydrogen-bond acceptors (Lipinski definition) is 7. The lowest BCUT2D eigenvalue weighted by molar-refractivity contribution is 0.0184.